The van der Waals surface area contributed by atoms with E-state index < -0.39 is 15.8 Å². The van der Waals surface area contributed by atoms with Crippen LogP contribution in [0.1, 0.15) is 13.8 Å². The summed E-state index contributed by atoms with van der Waals surface area (Å²) in [5.74, 6) is -0.137. The van der Waals surface area contributed by atoms with Crippen LogP contribution in [0.25, 0.3) is 0 Å². The number of hydrogen-bond acceptors (Lipinski definition) is 5. The number of primary sulfonamides is 1. The Labute approximate surface area is 197 Å². The van der Waals surface area contributed by atoms with Gasteiger partial charge in [-0.05, 0) is 42.3 Å². The number of piperazine rings is 1. The highest BCUT2D eigenvalue weighted by Gasteiger charge is 2.33. The summed E-state index contributed by atoms with van der Waals surface area (Å²) in [5, 5.41) is 19.8. The largest absolute Gasteiger partial charge is 0.335 e. The number of aliphatic imine (C=N–C) groups is 1. The molecular formula is C22H26FN7O3S. The lowest BCUT2D eigenvalue weighted by Crippen LogP contribution is -2.60. The number of carbonyl (C=O) groups is 1. The van der Waals surface area contributed by atoms with Gasteiger partial charge in [-0.25, -0.2) is 27.7 Å². The first kappa shape index (κ1) is 24.9. The third kappa shape index (κ3) is 6.21. The monoisotopic (exact) mass is 487 g/mol. The molecule has 2 aromatic carbocycles. The fraction of sp³-hybridized carbons (Fsp3) is 0.318. The molecular weight excluding hydrogens is 461 g/mol. The minimum atomic E-state index is -3.91. The van der Waals surface area contributed by atoms with Crippen LogP contribution in [0.4, 0.5) is 20.6 Å². The first-order chi connectivity index (χ1) is 16.1. The Bertz CT molecular complexity index is 1230. The molecule has 2 amide bonds. The molecule has 12 heteroatoms. The molecule has 1 unspecified atom stereocenters. The zero-order valence-electron chi connectivity index (χ0n) is 18.8. The number of urea groups is 1. The van der Waals surface area contributed by atoms with Crippen LogP contribution >= 0.6 is 0 Å². The van der Waals surface area contributed by atoms with E-state index in [1.54, 1.807) is 17.0 Å². The molecule has 1 fully saturated rings. The standard InChI is InChI=1S/C22H26FN7O3S/c1-15(2)20-13-29(22(31)28-17-6-3-5-16(23)11-17)9-10-30(20)21(26-14-24)27-18-7-4-8-19(12-18)34(25,32)33/h3-8,11-12,15,20H,9-10,13H2,1-2H3,(H,26,27)(H,28,31)(H2,25,32,33). The lowest BCUT2D eigenvalue weighted by atomic mass is 10.00. The smallest absolute Gasteiger partial charge is 0.321 e. The molecule has 1 aliphatic heterocycles. The third-order valence-corrected chi connectivity index (χ3v) is 6.28. The normalized spacial score (nSPS) is 16.8. The maximum Gasteiger partial charge on any atom is 0.321 e. The van der Waals surface area contributed by atoms with Crippen molar-refractivity contribution in [3.8, 4) is 6.19 Å². The Balaban J connectivity index is 1.83. The van der Waals surface area contributed by atoms with Gasteiger partial charge in [-0.15, -0.1) is 0 Å². The maximum absolute atomic E-state index is 13.5. The van der Waals surface area contributed by atoms with Gasteiger partial charge in [-0.1, -0.05) is 26.0 Å². The second-order valence-electron chi connectivity index (χ2n) is 8.11. The van der Waals surface area contributed by atoms with E-state index in [1.807, 2.05) is 24.9 Å². The highest BCUT2D eigenvalue weighted by molar-refractivity contribution is 7.89. The van der Waals surface area contributed by atoms with Crippen LogP contribution in [-0.2, 0) is 10.0 Å². The summed E-state index contributed by atoms with van der Waals surface area (Å²) in [5.41, 5.74) is 0.662. The van der Waals surface area contributed by atoms with Gasteiger partial charge in [-0.3, -0.25) is 5.32 Å². The molecule has 2 aromatic rings. The van der Waals surface area contributed by atoms with Gasteiger partial charge in [0, 0.05) is 25.3 Å². The van der Waals surface area contributed by atoms with Gasteiger partial charge >= 0.3 is 6.03 Å². The van der Waals surface area contributed by atoms with E-state index in [1.165, 1.54) is 36.4 Å². The van der Waals surface area contributed by atoms with Crippen LogP contribution in [-0.4, -0.2) is 55.9 Å². The van der Waals surface area contributed by atoms with E-state index in [4.69, 9.17) is 5.14 Å². The quantitative estimate of drug-likeness (QED) is 0.261. The SMILES string of the molecule is CC(C)C1CN(C(=O)Nc2cccc(F)c2)CCN1C(=Nc1cccc(S(N)(=O)=O)c1)NC#N. The summed E-state index contributed by atoms with van der Waals surface area (Å²) >= 11 is 0. The number of carbonyl (C=O) groups excluding carboxylic acids is 1. The predicted molar refractivity (Wildman–Crippen MR) is 126 cm³/mol. The number of nitriles is 1. The summed E-state index contributed by atoms with van der Waals surface area (Å²) in [6, 6.07) is 10.9. The van der Waals surface area contributed by atoms with Crippen molar-refractivity contribution in [1.82, 2.24) is 15.1 Å². The van der Waals surface area contributed by atoms with E-state index in [-0.39, 0.29) is 28.8 Å². The van der Waals surface area contributed by atoms with Crippen molar-refractivity contribution in [2.75, 3.05) is 25.0 Å². The van der Waals surface area contributed by atoms with Crippen LogP contribution < -0.4 is 15.8 Å². The van der Waals surface area contributed by atoms with Gasteiger partial charge in [0.05, 0.1) is 16.6 Å². The first-order valence-corrected chi connectivity index (χ1v) is 12.1. The molecule has 0 spiro atoms. The highest BCUT2D eigenvalue weighted by Crippen LogP contribution is 2.22. The summed E-state index contributed by atoms with van der Waals surface area (Å²) in [4.78, 5) is 20.6. The molecule has 3 rings (SSSR count). The number of benzene rings is 2. The number of amides is 2. The molecule has 1 saturated heterocycles. The van der Waals surface area contributed by atoms with Gasteiger partial charge in [0.1, 0.15) is 5.82 Å². The van der Waals surface area contributed by atoms with E-state index in [9.17, 15) is 22.9 Å². The second-order valence-corrected chi connectivity index (χ2v) is 9.67. The number of sulfonamides is 1. The molecule has 10 nitrogen and oxygen atoms in total. The fourth-order valence-corrected chi connectivity index (χ4v) is 4.22. The molecule has 0 aromatic heterocycles. The van der Waals surface area contributed by atoms with Gasteiger partial charge in [-0.2, -0.15) is 5.26 Å². The van der Waals surface area contributed by atoms with Crippen molar-refractivity contribution in [1.29, 1.82) is 5.26 Å². The minimum Gasteiger partial charge on any atom is -0.335 e. The van der Waals surface area contributed by atoms with E-state index in [0.29, 0.717) is 31.0 Å². The predicted octanol–water partition coefficient (Wildman–Crippen LogP) is 2.41. The molecule has 34 heavy (non-hydrogen) atoms. The van der Waals surface area contributed by atoms with Crippen molar-refractivity contribution >= 4 is 33.4 Å². The molecule has 0 radical (unpaired) electrons. The fourth-order valence-electron chi connectivity index (χ4n) is 3.66. The number of nitrogens with one attached hydrogen (secondary N) is 2. The molecule has 4 N–H and O–H groups in total. The van der Waals surface area contributed by atoms with Crippen LogP contribution in [0.3, 0.4) is 0 Å². The Morgan fingerprint density at radius 2 is 1.97 bits per heavy atom. The summed E-state index contributed by atoms with van der Waals surface area (Å²) in [6.07, 6.45) is 1.87. The van der Waals surface area contributed by atoms with E-state index in [0.717, 1.165) is 0 Å². The van der Waals surface area contributed by atoms with Crippen molar-refractivity contribution in [3.05, 3.63) is 54.3 Å². The van der Waals surface area contributed by atoms with Crippen LogP contribution in [0.15, 0.2) is 58.4 Å². The number of rotatable bonds is 4. The zero-order valence-corrected chi connectivity index (χ0v) is 19.6. The molecule has 1 atom stereocenters. The van der Waals surface area contributed by atoms with Crippen LogP contribution in [0.2, 0.25) is 0 Å². The van der Waals surface area contributed by atoms with E-state index >= 15 is 0 Å². The number of anilines is 1. The molecule has 180 valence electrons. The molecule has 0 aliphatic carbocycles. The Morgan fingerprint density at radius 3 is 2.62 bits per heavy atom. The zero-order chi connectivity index (χ0) is 24.9. The van der Waals surface area contributed by atoms with Gasteiger partial charge in [0.25, 0.3) is 0 Å². The lowest BCUT2D eigenvalue weighted by Gasteiger charge is -2.44. The number of nitrogens with zero attached hydrogens (tertiary/aromatic N) is 4. The van der Waals surface area contributed by atoms with Gasteiger partial charge in [0.15, 0.2) is 6.19 Å². The molecule has 0 saturated carbocycles. The summed E-state index contributed by atoms with van der Waals surface area (Å²) in [6.45, 7) is 4.99. The Kier molecular flexibility index (Phi) is 7.70. The minimum absolute atomic E-state index is 0.0752. The average Bonchev–Trinajstić information content (AvgIpc) is 2.78. The topological polar surface area (TPSA) is 144 Å². The molecule has 1 heterocycles. The third-order valence-electron chi connectivity index (χ3n) is 5.37. The average molecular weight is 488 g/mol. The van der Waals surface area contributed by atoms with Crippen LogP contribution in [0.5, 0.6) is 0 Å². The van der Waals surface area contributed by atoms with Crippen molar-refractivity contribution in [2.45, 2.75) is 24.8 Å². The van der Waals surface area contributed by atoms with Crippen LogP contribution in [0, 0.1) is 23.2 Å². The number of hydrogen-bond donors (Lipinski definition) is 3. The molecule has 0 bridgehead atoms. The molecule has 1 aliphatic rings. The maximum atomic E-state index is 13.5. The Morgan fingerprint density at radius 1 is 1.24 bits per heavy atom. The number of nitrogens with two attached hydrogens (primary N) is 1. The highest BCUT2D eigenvalue weighted by atomic mass is 32.2. The van der Waals surface area contributed by atoms with Crippen molar-refractivity contribution < 1.29 is 17.6 Å². The number of guanidine groups is 1. The van der Waals surface area contributed by atoms with Gasteiger partial charge in [0.2, 0.25) is 16.0 Å². The van der Waals surface area contributed by atoms with Gasteiger partial charge < -0.3 is 15.1 Å². The lowest BCUT2D eigenvalue weighted by molar-refractivity contribution is 0.118. The van der Waals surface area contributed by atoms with Crippen molar-refractivity contribution in [2.24, 2.45) is 16.0 Å². The Hall–Kier alpha value is -3.69. The first-order valence-electron chi connectivity index (χ1n) is 10.5. The second kappa shape index (κ2) is 10.5. The number of halogens is 1. The van der Waals surface area contributed by atoms with E-state index in [2.05, 4.69) is 15.6 Å². The summed E-state index contributed by atoms with van der Waals surface area (Å²) < 4.78 is 36.8. The summed E-state index contributed by atoms with van der Waals surface area (Å²) in [7, 11) is -3.91. The van der Waals surface area contributed by atoms with Crippen molar-refractivity contribution in [3.63, 3.8) is 0 Å².